The highest BCUT2D eigenvalue weighted by Gasteiger charge is 2.22. The number of hydrogen-bond acceptors (Lipinski definition) is 5. The fourth-order valence-corrected chi connectivity index (χ4v) is 3.51. The van der Waals surface area contributed by atoms with E-state index in [9.17, 15) is 8.42 Å². The third-order valence-electron chi connectivity index (χ3n) is 2.39. The number of sulfonamides is 1. The first-order valence-electron chi connectivity index (χ1n) is 5.46. The predicted octanol–water partition coefficient (Wildman–Crippen LogP) is 1.83. The van der Waals surface area contributed by atoms with Crippen LogP contribution < -0.4 is 10.0 Å². The molecule has 2 heterocycles. The highest BCUT2D eigenvalue weighted by atomic mass is 79.9. The summed E-state index contributed by atoms with van der Waals surface area (Å²) in [5.41, 5.74) is 0.749. The molecule has 8 heteroatoms. The number of furan rings is 2. The summed E-state index contributed by atoms with van der Waals surface area (Å²) in [5, 5.41) is 2.89. The number of halogens is 1. The summed E-state index contributed by atoms with van der Waals surface area (Å²) in [6.07, 6.45) is 2.97. The first-order chi connectivity index (χ1) is 9.03. The van der Waals surface area contributed by atoms with Crippen molar-refractivity contribution >= 4 is 26.0 Å². The van der Waals surface area contributed by atoms with E-state index in [-0.39, 0.29) is 16.1 Å². The maximum absolute atomic E-state index is 12.1. The van der Waals surface area contributed by atoms with E-state index < -0.39 is 10.0 Å². The Morgan fingerprint density at radius 1 is 1.37 bits per heavy atom. The Bertz CT molecular complexity index is 634. The van der Waals surface area contributed by atoms with E-state index in [0.717, 1.165) is 5.56 Å². The molecule has 0 atom stereocenters. The van der Waals surface area contributed by atoms with Crippen LogP contribution >= 0.6 is 15.9 Å². The van der Waals surface area contributed by atoms with Crippen LogP contribution in [0.4, 0.5) is 0 Å². The highest BCUT2D eigenvalue weighted by Crippen LogP contribution is 2.26. The van der Waals surface area contributed by atoms with Gasteiger partial charge in [0.05, 0.1) is 19.1 Å². The quantitative estimate of drug-likeness (QED) is 0.831. The molecule has 0 fully saturated rings. The third-order valence-corrected chi connectivity index (χ3v) is 4.65. The van der Waals surface area contributed by atoms with E-state index in [1.807, 2.05) is 0 Å². The molecule has 2 rings (SSSR count). The van der Waals surface area contributed by atoms with Crippen molar-refractivity contribution in [2.24, 2.45) is 0 Å². The van der Waals surface area contributed by atoms with Gasteiger partial charge in [0.2, 0.25) is 10.0 Å². The van der Waals surface area contributed by atoms with Crippen molar-refractivity contribution in [2.45, 2.75) is 18.0 Å². The Labute approximate surface area is 119 Å². The first-order valence-corrected chi connectivity index (χ1v) is 7.74. The van der Waals surface area contributed by atoms with Crippen LogP contribution in [0.25, 0.3) is 0 Å². The second-order valence-corrected chi connectivity index (χ2v) is 6.29. The fourth-order valence-electron chi connectivity index (χ4n) is 1.49. The van der Waals surface area contributed by atoms with Crippen molar-refractivity contribution < 1.29 is 17.3 Å². The number of rotatable bonds is 6. The van der Waals surface area contributed by atoms with E-state index in [4.69, 9.17) is 8.83 Å². The summed E-state index contributed by atoms with van der Waals surface area (Å²) < 4.78 is 37.1. The van der Waals surface area contributed by atoms with E-state index >= 15 is 0 Å². The lowest BCUT2D eigenvalue weighted by Crippen LogP contribution is -2.22. The molecule has 6 nitrogen and oxygen atoms in total. The molecular weight excluding hydrogens is 336 g/mol. The van der Waals surface area contributed by atoms with Gasteiger partial charge in [-0.2, -0.15) is 0 Å². The number of nitrogens with one attached hydrogen (secondary N) is 2. The molecule has 0 aliphatic rings. The van der Waals surface area contributed by atoms with Crippen molar-refractivity contribution in [3.05, 3.63) is 40.7 Å². The molecule has 0 saturated heterocycles. The van der Waals surface area contributed by atoms with Crippen LogP contribution in [0.3, 0.4) is 0 Å². The minimum absolute atomic E-state index is 0.0845. The van der Waals surface area contributed by atoms with Crippen molar-refractivity contribution in [1.82, 2.24) is 10.0 Å². The zero-order valence-electron chi connectivity index (χ0n) is 10.1. The minimum Gasteiger partial charge on any atom is -0.472 e. The molecule has 19 heavy (non-hydrogen) atoms. The van der Waals surface area contributed by atoms with Gasteiger partial charge in [-0.15, -0.1) is 0 Å². The van der Waals surface area contributed by atoms with Crippen LogP contribution in [0, 0.1) is 0 Å². The fraction of sp³-hybridized carbons (Fsp3) is 0.273. The average Bonchev–Trinajstić information content (AvgIpc) is 2.97. The molecule has 104 valence electrons. The van der Waals surface area contributed by atoms with Gasteiger partial charge in [-0.1, -0.05) is 0 Å². The summed E-state index contributed by atoms with van der Waals surface area (Å²) >= 11 is 3.11. The van der Waals surface area contributed by atoms with Gasteiger partial charge in [0.15, 0.2) is 4.67 Å². The third kappa shape index (κ3) is 3.47. The Hall–Kier alpha value is -1.09. The maximum atomic E-state index is 12.1. The summed E-state index contributed by atoms with van der Waals surface area (Å²) in [5.74, 6) is 0.540. The minimum atomic E-state index is -3.62. The lowest BCUT2D eigenvalue weighted by Gasteiger charge is -2.02. The number of hydrogen-bond donors (Lipinski definition) is 2. The standard InChI is InChI=1S/C11H13BrN2O4S/c1-13-6-9-4-10(11(12)18-9)19(15,16)14-5-8-2-3-17-7-8/h2-4,7,13-14H,5-6H2,1H3. The Morgan fingerprint density at radius 2 is 2.16 bits per heavy atom. The molecule has 0 bridgehead atoms. The monoisotopic (exact) mass is 348 g/mol. The molecule has 0 aliphatic heterocycles. The maximum Gasteiger partial charge on any atom is 0.245 e. The van der Waals surface area contributed by atoms with Crippen molar-refractivity contribution in [3.63, 3.8) is 0 Å². The lowest BCUT2D eigenvalue weighted by molar-refractivity contribution is 0.470. The molecule has 0 amide bonds. The summed E-state index contributed by atoms with van der Waals surface area (Å²) in [6.45, 7) is 0.619. The smallest absolute Gasteiger partial charge is 0.245 e. The Morgan fingerprint density at radius 3 is 2.79 bits per heavy atom. The predicted molar refractivity (Wildman–Crippen MR) is 71.9 cm³/mol. The summed E-state index contributed by atoms with van der Waals surface area (Å²) in [4.78, 5) is 0.0845. The van der Waals surface area contributed by atoms with Crippen LogP contribution in [0.2, 0.25) is 0 Å². The molecule has 0 spiro atoms. The van der Waals surface area contributed by atoms with Gasteiger partial charge in [-0.05, 0) is 29.0 Å². The van der Waals surface area contributed by atoms with E-state index in [0.29, 0.717) is 12.3 Å². The van der Waals surface area contributed by atoms with Gasteiger partial charge in [0, 0.05) is 18.2 Å². The molecule has 2 aromatic rings. The first kappa shape index (κ1) is 14.3. The van der Waals surface area contributed by atoms with Gasteiger partial charge in [-0.25, -0.2) is 13.1 Å². The second-order valence-electron chi connectivity index (χ2n) is 3.84. The molecule has 2 N–H and O–H groups in total. The van der Waals surface area contributed by atoms with Gasteiger partial charge in [0.1, 0.15) is 10.7 Å². The van der Waals surface area contributed by atoms with Crippen LogP contribution in [-0.4, -0.2) is 15.5 Å². The van der Waals surface area contributed by atoms with Crippen LogP contribution in [-0.2, 0) is 23.1 Å². The highest BCUT2D eigenvalue weighted by molar-refractivity contribution is 9.10. The average molecular weight is 349 g/mol. The van der Waals surface area contributed by atoms with Crippen molar-refractivity contribution in [3.8, 4) is 0 Å². The van der Waals surface area contributed by atoms with Crippen LogP contribution in [0.15, 0.2) is 43.1 Å². The zero-order valence-corrected chi connectivity index (χ0v) is 12.5. The van der Waals surface area contributed by atoms with E-state index in [1.54, 1.807) is 13.1 Å². The second kappa shape index (κ2) is 5.91. The van der Waals surface area contributed by atoms with Gasteiger partial charge in [0.25, 0.3) is 0 Å². The van der Waals surface area contributed by atoms with E-state index in [2.05, 4.69) is 26.0 Å². The van der Waals surface area contributed by atoms with Crippen molar-refractivity contribution in [2.75, 3.05) is 7.05 Å². The topological polar surface area (TPSA) is 84.5 Å². The van der Waals surface area contributed by atoms with Crippen LogP contribution in [0.5, 0.6) is 0 Å². The molecule has 0 saturated carbocycles. The van der Waals surface area contributed by atoms with Crippen LogP contribution in [0.1, 0.15) is 11.3 Å². The molecular formula is C11H13BrN2O4S. The van der Waals surface area contributed by atoms with Gasteiger partial charge < -0.3 is 14.2 Å². The van der Waals surface area contributed by atoms with Gasteiger partial charge >= 0.3 is 0 Å². The van der Waals surface area contributed by atoms with E-state index in [1.165, 1.54) is 18.6 Å². The van der Waals surface area contributed by atoms with Crippen molar-refractivity contribution in [1.29, 1.82) is 0 Å². The molecule has 0 radical (unpaired) electrons. The normalized spacial score (nSPS) is 11.9. The molecule has 0 aromatic carbocycles. The summed E-state index contributed by atoms with van der Waals surface area (Å²) in [6, 6.07) is 3.18. The molecule has 2 aromatic heterocycles. The molecule has 0 unspecified atom stereocenters. The Balaban J connectivity index is 2.14. The summed E-state index contributed by atoms with van der Waals surface area (Å²) in [7, 11) is -1.87. The lowest BCUT2D eigenvalue weighted by atomic mass is 10.4. The largest absolute Gasteiger partial charge is 0.472 e. The Kier molecular flexibility index (Phi) is 4.46. The molecule has 0 aliphatic carbocycles. The zero-order chi connectivity index (χ0) is 13.9. The SMILES string of the molecule is CNCc1cc(S(=O)(=O)NCc2ccoc2)c(Br)o1. The van der Waals surface area contributed by atoms with Gasteiger partial charge in [-0.3, -0.25) is 0 Å².